The van der Waals surface area contributed by atoms with Crippen molar-refractivity contribution >= 4 is 11.7 Å². The van der Waals surface area contributed by atoms with E-state index in [2.05, 4.69) is 9.97 Å². The molecule has 2 aliphatic rings. The van der Waals surface area contributed by atoms with Crippen LogP contribution in [-0.4, -0.2) is 47.6 Å². The summed E-state index contributed by atoms with van der Waals surface area (Å²) in [5.41, 5.74) is 6.44. The maximum atomic E-state index is 12.7. The number of carbonyl (C=O) groups is 1. The second kappa shape index (κ2) is 6.60. The fourth-order valence-electron chi connectivity index (χ4n) is 3.07. The van der Waals surface area contributed by atoms with Crippen LogP contribution in [0.15, 0.2) is 6.20 Å². The van der Waals surface area contributed by atoms with Crippen molar-refractivity contribution in [2.45, 2.75) is 38.0 Å². The summed E-state index contributed by atoms with van der Waals surface area (Å²) in [6.45, 7) is 2.18. The van der Waals surface area contributed by atoms with Crippen molar-refractivity contribution in [1.82, 2.24) is 14.9 Å². The zero-order chi connectivity index (χ0) is 15.5. The molecule has 1 saturated carbocycles. The summed E-state index contributed by atoms with van der Waals surface area (Å²) in [4.78, 5) is 23.3. The summed E-state index contributed by atoms with van der Waals surface area (Å²) in [5, 5.41) is 0. The first kappa shape index (κ1) is 15.2. The normalized spacial score (nSPS) is 22.4. The van der Waals surface area contributed by atoms with E-state index in [0.717, 1.165) is 51.0 Å². The number of nitrogens with zero attached hydrogens (tertiary/aromatic N) is 3. The number of likely N-dealkylation sites (tertiary alicyclic amines) is 1. The molecule has 6 heteroatoms. The van der Waals surface area contributed by atoms with Gasteiger partial charge in [0.05, 0.1) is 6.61 Å². The molecular formula is C16H24N4O2. The Hall–Kier alpha value is -1.69. The zero-order valence-corrected chi connectivity index (χ0v) is 13.1. The van der Waals surface area contributed by atoms with E-state index in [-0.39, 0.29) is 5.91 Å². The summed E-state index contributed by atoms with van der Waals surface area (Å²) in [7, 11) is 1.71. The highest BCUT2D eigenvalue weighted by Crippen LogP contribution is 2.38. The SMILES string of the molecule is COCC1CCCCN(C(=O)c2cnc(C3CC3)nc2N)C1. The number of amides is 1. The molecule has 22 heavy (non-hydrogen) atoms. The van der Waals surface area contributed by atoms with Crippen LogP contribution in [0.25, 0.3) is 0 Å². The van der Waals surface area contributed by atoms with Crippen LogP contribution in [0, 0.1) is 5.92 Å². The van der Waals surface area contributed by atoms with Crippen LogP contribution in [0.1, 0.15) is 54.2 Å². The Bertz CT molecular complexity index is 545. The summed E-state index contributed by atoms with van der Waals surface area (Å²) >= 11 is 0. The summed E-state index contributed by atoms with van der Waals surface area (Å²) in [5.74, 6) is 1.87. The predicted octanol–water partition coefficient (Wildman–Crippen LogP) is 1.82. The molecular weight excluding hydrogens is 280 g/mol. The second-order valence-electron chi connectivity index (χ2n) is 6.37. The van der Waals surface area contributed by atoms with Crippen molar-refractivity contribution in [2.75, 3.05) is 32.5 Å². The minimum atomic E-state index is -0.0529. The first-order chi connectivity index (χ1) is 10.7. The first-order valence-electron chi connectivity index (χ1n) is 8.09. The van der Waals surface area contributed by atoms with Gasteiger partial charge >= 0.3 is 0 Å². The molecule has 1 aliphatic heterocycles. The van der Waals surface area contributed by atoms with Crippen molar-refractivity contribution in [2.24, 2.45) is 5.92 Å². The molecule has 0 bridgehead atoms. The van der Waals surface area contributed by atoms with Gasteiger partial charge in [-0.15, -0.1) is 0 Å². The number of rotatable bonds is 4. The average Bonchev–Trinajstić information content (AvgIpc) is 3.34. The smallest absolute Gasteiger partial charge is 0.259 e. The average molecular weight is 304 g/mol. The van der Waals surface area contributed by atoms with E-state index in [1.165, 1.54) is 0 Å². The Balaban J connectivity index is 1.74. The van der Waals surface area contributed by atoms with Gasteiger partial charge in [0.1, 0.15) is 17.2 Å². The number of hydrogen-bond donors (Lipinski definition) is 1. The molecule has 0 spiro atoms. The van der Waals surface area contributed by atoms with Gasteiger partial charge in [0.25, 0.3) is 5.91 Å². The largest absolute Gasteiger partial charge is 0.384 e. The van der Waals surface area contributed by atoms with E-state index in [4.69, 9.17) is 10.5 Å². The molecule has 120 valence electrons. The van der Waals surface area contributed by atoms with Gasteiger partial charge in [-0.2, -0.15) is 0 Å². The van der Waals surface area contributed by atoms with E-state index in [1.54, 1.807) is 13.3 Å². The zero-order valence-electron chi connectivity index (χ0n) is 13.1. The van der Waals surface area contributed by atoms with E-state index in [0.29, 0.717) is 29.8 Å². The molecule has 2 N–H and O–H groups in total. The quantitative estimate of drug-likeness (QED) is 0.917. The Kier molecular flexibility index (Phi) is 4.57. The fraction of sp³-hybridized carbons (Fsp3) is 0.688. The van der Waals surface area contributed by atoms with Gasteiger partial charge in [-0.25, -0.2) is 9.97 Å². The molecule has 1 aromatic heterocycles. The second-order valence-corrected chi connectivity index (χ2v) is 6.37. The topological polar surface area (TPSA) is 81.3 Å². The third-order valence-corrected chi connectivity index (χ3v) is 4.47. The Morgan fingerprint density at radius 1 is 1.41 bits per heavy atom. The highest BCUT2D eigenvalue weighted by atomic mass is 16.5. The van der Waals surface area contributed by atoms with E-state index in [9.17, 15) is 4.79 Å². The van der Waals surface area contributed by atoms with Crippen LogP contribution in [0.4, 0.5) is 5.82 Å². The lowest BCUT2D eigenvalue weighted by Crippen LogP contribution is -2.36. The number of ether oxygens (including phenoxy) is 1. The number of anilines is 1. The van der Waals surface area contributed by atoms with Crippen LogP contribution in [0.5, 0.6) is 0 Å². The third-order valence-electron chi connectivity index (χ3n) is 4.47. The van der Waals surface area contributed by atoms with Crippen LogP contribution >= 0.6 is 0 Å². The summed E-state index contributed by atoms with van der Waals surface area (Å²) in [6.07, 6.45) is 7.10. The molecule has 6 nitrogen and oxygen atoms in total. The molecule has 1 aromatic rings. The molecule has 1 saturated heterocycles. The Morgan fingerprint density at radius 3 is 2.91 bits per heavy atom. The van der Waals surface area contributed by atoms with Crippen LogP contribution in [0.3, 0.4) is 0 Å². The monoisotopic (exact) mass is 304 g/mol. The van der Waals surface area contributed by atoms with Crippen molar-refractivity contribution < 1.29 is 9.53 Å². The molecule has 1 aliphatic carbocycles. The number of aromatic nitrogens is 2. The van der Waals surface area contributed by atoms with E-state index < -0.39 is 0 Å². The molecule has 1 amide bonds. The van der Waals surface area contributed by atoms with Gasteiger partial charge < -0.3 is 15.4 Å². The third kappa shape index (κ3) is 3.38. The van der Waals surface area contributed by atoms with E-state index in [1.807, 2.05) is 4.90 Å². The van der Waals surface area contributed by atoms with Crippen LogP contribution in [0.2, 0.25) is 0 Å². The number of carbonyl (C=O) groups excluding carboxylic acids is 1. The minimum Gasteiger partial charge on any atom is -0.384 e. The molecule has 3 rings (SSSR count). The lowest BCUT2D eigenvalue weighted by molar-refractivity contribution is 0.0697. The molecule has 2 fully saturated rings. The maximum Gasteiger partial charge on any atom is 0.259 e. The molecule has 2 heterocycles. The molecule has 1 unspecified atom stereocenters. The Morgan fingerprint density at radius 2 is 2.23 bits per heavy atom. The fourth-order valence-corrected chi connectivity index (χ4v) is 3.07. The van der Waals surface area contributed by atoms with Crippen molar-refractivity contribution in [1.29, 1.82) is 0 Å². The van der Waals surface area contributed by atoms with Crippen LogP contribution < -0.4 is 5.73 Å². The summed E-state index contributed by atoms with van der Waals surface area (Å²) < 4.78 is 5.26. The van der Waals surface area contributed by atoms with Gasteiger partial charge in [-0.3, -0.25) is 4.79 Å². The Labute approximate surface area is 131 Å². The molecule has 0 radical (unpaired) electrons. The lowest BCUT2D eigenvalue weighted by atomic mass is 10.0. The summed E-state index contributed by atoms with van der Waals surface area (Å²) in [6, 6.07) is 0. The molecule has 1 atom stereocenters. The lowest BCUT2D eigenvalue weighted by Gasteiger charge is -2.24. The van der Waals surface area contributed by atoms with Crippen LogP contribution in [-0.2, 0) is 4.74 Å². The van der Waals surface area contributed by atoms with Crippen molar-refractivity contribution in [3.05, 3.63) is 17.6 Å². The minimum absolute atomic E-state index is 0.0529. The molecule has 0 aromatic carbocycles. The van der Waals surface area contributed by atoms with Crippen molar-refractivity contribution in [3.63, 3.8) is 0 Å². The number of nitrogens with two attached hydrogens (primary N) is 1. The number of hydrogen-bond acceptors (Lipinski definition) is 5. The maximum absolute atomic E-state index is 12.7. The van der Waals surface area contributed by atoms with Crippen molar-refractivity contribution in [3.8, 4) is 0 Å². The van der Waals surface area contributed by atoms with Gasteiger partial charge in [-0.05, 0) is 31.6 Å². The van der Waals surface area contributed by atoms with Gasteiger partial charge in [0.15, 0.2) is 0 Å². The van der Waals surface area contributed by atoms with Gasteiger partial charge in [0.2, 0.25) is 0 Å². The van der Waals surface area contributed by atoms with E-state index >= 15 is 0 Å². The number of methoxy groups -OCH3 is 1. The highest BCUT2D eigenvalue weighted by Gasteiger charge is 2.29. The predicted molar refractivity (Wildman–Crippen MR) is 83.5 cm³/mol. The van der Waals surface area contributed by atoms with Gasteiger partial charge in [-0.1, -0.05) is 6.42 Å². The highest BCUT2D eigenvalue weighted by molar-refractivity contribution is 5.98. The number of nitrogen functional groups attached to an aromatic ring is 1. The standard InChI is InChI=1S/C16H24N4O2/c1-22-10-11-4-2-3-7-20(9-11)16(21)13-8-18-15(12-5-6-12)19-14(13)17/h8,11-12H,2-7,9-10H2,1H3,(H2,17,18,19). The van der Waals surface area contributed by atoms with Gasteiger partial charge in [0, 0.05) is 32.3 Å². The first-order valence-corrected chi connectivity index (χ1v) is 8.09.